The number of hydrogen-bond acceptors (Lipinski definition) is 2. The first-order chi connectivity index (χ1) is 9.75. The largest absolute Gasteiger partial charge is 0.391 e. The Labute approximate surface area is 123 Å². The number of likely N-dealkylation sites (tertiary alicyclic amines) is 1. The summed E-state index contributed by atoms with van der Waals surface area (Å²) in [7, 11) is 0. The molecule has 0 atom stereocenters. The van der Waals surface area contributed by atoms with Gasteiger partial charge < -0.3 is 4.90 Å². The number of carbonyl (C=O) groups excluding carboxylic acids is 1. The van der Waals surface area contributed by atoms with Crippen molar-refractivity contribution >= 4 is 5.91 Å². The van der Waals surface area contributed by atoms with E-state index in [9.17, 15) is 18.0 Å². The van der Waals surface area contributed by atoms with Gasteiger partial charge in [0.25, 0.3) is 0 Å². The number of hydrogen-bond donors (Lipinski definition) is 0. The van der Waals surface area contributed by atoms with E-state index in [4.69, 9.17) is 5.26 Å². The van der Waals surface area contributed by atoms with Crippen molar-refractivity contribution in [3.63, 3.8) is 0 Å². The van der Waals surface area contributed by atoms with Crippen molar-refractivity contribution in [1.29, 1.82) is 5.26 Å². The van der Waals surface area contributed by atoms with E-state index in [1.54, 1.807) is 4.90 Å². The first-order valence-corrected chi connectivity index (χ1v) is 7.52. The Balaban J connectivity index is 1.85. The lowest BCUT2D eigenvalue weighted by Gasteiger charge is -2.38. The molecule has 0 radical (unpaired) electrons. The Morgan fingerprint density at radius 3 is 2.14 bits per heavy atom. The molecule has 3 nitrogen and oxygen atoms in total. The van der Waals surface area contributed by atoms with Crippen molar-refractivity contribution in [1.82, 2.24) is 4.90 Å². The van der Waals surface area contributed by atoms with Crippen LogP contribution in [0.1, 0.15) is 45.4 Å². The Kier molecular flexibility index (Phi) is 4.50. The first kappa shape index (κ1) is 16.1. The van der Waals surface area contributed by atoms with Gasteiger partial charge in [-0.05, 0) is 45.4 Å². The summed E-state index contributed by atoms with van der Waals surface area (Å²) in [6, 6.07) is 2.28. The highest BCUT2D eigenvalue weighted by atomic mass is 19.4. The van der Waals surface area contributed by atoms with Crippen molar-refractivity contribution in [2.75, 3.05) is 13.1 Å². The summed E-state index contributed by atoms with van der Waals surface area (Å²) in [5, 5.41) is 9.07. The van der Waals surface area contributed by atoms with Crippen molar-refractivity contribution in [3.05, 3.63) is 0 Å². The third-order valence-corrected chi connectivity index (χ3v) is 4.99. The molecule has 1 aliphatic carbocycles. The minimum absolute atomic E-state index is 0.0179. The fraction of sp³-hybridized carbons (Fsp3) is 0.867. The monoisotopic (exact) mass is 302 g/mol. The van der Waals surface area contributed by atoms with Crippen LogP contribution in [-0.4, -0.2) is 30.1 Å². The number of halogens is 3. The Morgan fingerprint density at radius 2 is 1.71 bits per heavy atom. The quantitative estimate of drug-likeness (QED) is 0.744. The van der Waals surface area contributed by atoms with E-state index >= 15 is 0 Å². The highest BCUT2D eigenvalue weighted by molar-refractivity contribution is 5.79. The molecular formula is C15H21F3N2O. The summed E-state index contributed by atoms with van der Waals surface area (Å²) >= 11 is 0. The molecule has 0 aromatic carbocycles. The maximum absolute atomic E-state index is 12.6. The van der Waals surface area contributed by atoms with Gasteiger partial charge in [0, 0.05) is 19.0 Å². The van der Waals surface area contributed by atoms with Crippen LogP contribution in [0.25, 0.3) is 0 Å². The van der Waals surface area contributed by atoms with Crippen LogP contribution in [0.15, 0.2) is 0 Å². The van der Waals surface area contributed by atoms with E-state index in [1.165, 1.54) is 0 Å². The number of rotatable bonds is 1. The highest BCUT2D eigenvalue weighted by Crippen LogP contribution is 2.40. The third kappa shape index (κ3) is 3.69. The number of carbonyl (C=O) groups is 1. The molecule has 6 heteroatoms. The van der Waals surface area contributed by atoms with E-state index in [1.807, 2.05) is 6.92 Å². The Bertz CT molecular complexity index is 425. The number of alkyl halides is 3. The predicted molar refractivity (Wildman–Crippen MR) is 71.0 cm³/mol. The second-order valence-electron chi connectivity index (χ2n) is 6.59. The second kappa shape index (κ2) is 5.86. The van der Waals surface area contributed by atoms with Gasteiger partial charge in [0.1, 0.15) is 0 Å². The molecule has 0 bridgehead atoms. The normalized spacial score (nSPS) is 29.8. The van der Waals surface area contributed by atoms with Gasteiger partial charge in [0.2, 0.25) is 5.91 Å². The zero-order chi connectivity index (χ0) is 15.7. The molecule has 1 amide bonds. The lowest BCUT2D eigenvalue weighted by Crippen LogP contribution is -2.45. The van der Waals surface area contributed by atoms with Crippen molar-refractivity contribution < 1.29 is 18.0 Å². The summed E-state index contributed by atoms with van der Waals surface area (Å²) in [4.78, 5) is 14.1. The molecular weight excluding hydrogens is 281 g/mol. The van der Waals surface area contributed by atoms with E-state index < -0.39 is 12.1 Å². The zero-order valence-electron chi connectivity index (χ0n) is 12.2. The molecule has 21 heavy (non-hydrogen) atoms. The molecule has 2 rings (SSSR count). The van der Waals surface area contributed by atoms with Gasteiger partial charge in [0.05, 0.1) is 17.4 Å². The van der Waals surface area contributed by atoms with Gasteiger partial charge >= 0.3 is 6.18 Å². The molecule has 2 aliphatic rings. The maximum Gasteiger partial charge on any atom is 0.391 e. The van der Waals surface area contributed by atoms with Crippen LogP contribution in [0, 0.1) is 28.6 Å². The number of nitriles is 1. The van der Waals surface area contributed by atoms with E-state index in [2.05, 4.69) is 6.07 Å². The smallest absolute Gasteiger partial charge is 0.342 e. The van der Waals surface area contributed by atoms with Crippen LogP contribution >= 0.6 is 0 Å². The maximum atomic E-state index is 12.6. The lowest BCUT2D eigenvalue weighted by molar-refractivity contribution is -0.185. The molecule has 1 saturated carbocycles. The van der Waals surface area contributed by atoms with Crippen LogP contribution in [-0.2, 0) is 4.79 Å². The standard InChI is InChI=1S/C15H21F3N2O/c1-14(10-19)6-8-20(9-7-14)13(21)11-2-4-12(5-3-11)15(16,17)18/h11-12H,2-9H2,1H3. The van der Waals surface area contributed by atoms with Crippen LogP contribution in [0.3, 0.4) is 0 Å². The molecule has 0 unspecified atom stereocenters. The van der Waals surface area contributed by atoms with E-state index in [-0.39, 0.29) is 30.1 Å². The fourth-order valence-electron chi connectivity index (χ4n) is 3.26. The Hall–Kier alpha value is -1.25. The van der Waals surface area contributed by atoms with Gasteiger partial charge in [-0.2, -0.15) is 18.4 Å². The summed E-state index contributed by atoms with van der Waals surface area (Å²) in [5.41, 5.74) is -0.370. The molecule has 0 aromatic heterocycles. The lowest BCUT2D eigenvalue weighted by atomic mass is 9.79. The summed E-state index contributed by atoms with van der Waals surface area (Å²) in [6.07, 6.45) is -2.06. The minimum atomic E-state index is -4.13. The van der Waals surface area contributed by atoms with E-state index in [0.29, 0.717) is 38.8 Å². The molecule has 1 saturated heterocycles. The molecule has 118 valence electrons. The number of piperidine rings is 1. The summed E-state index contributed by atoms with van der Waals surface area (Å²) in [5.74, 6) is -1.53. The SMILES string of the molecule is CC1(C#N)CCN(C(=O)C2CCC(C(F)(F)F)CC2)CC1. The third-order valence-electron chi connectivity index (χ3n) is 4.99. The van der Waals surface area contributed by atoms with Crippen LogP contribution < -0.4 is 0 Å². The van der Waals surface area contributed by atoms with Gasteiger partial charge in [-0.15, -0.1) is 0 Å². The van der Waals surface area contributed by atoms with Crippen molar-refractivity contribution in [2.45, 2.75) is 51.6 Å². The molecule has 0 N–H and O–H groups in total. The van der Waals surface area contributed by atoms with Crippen LogP contribution in [0.2, 0.25) is 0 Å². The molecule has 0 spiro atoms. The fourth-order valence-corrected chi connectivity index (χ4v) is 3.26. The van der Waals surface area contributed by atoms with Gasteiger partial charge in [-0.1, -0.05) is 0 Å². The second-order valence-corrected chi connectivity index (χ2v) is 6.59. The molecule has 2 fully saturated rings. The molecule has 0 aromatic rings. The van der Waals surface area contributed by atoms with Crippen LogP contribution in [0.5, 0.6) is 0 Å². The van der Waals surface area contributed by atoms with Crippen LogP contribution in [0.4, 0.5) is 13.2 Å². The van der Waals surface area contributed by atoms with Gasteiger partial charge in [-0.25, -0.2) is 0 Å². The molecule has 1 aliphatic heterocycles. The zero-order valence-corrected chi connectivity index (χ0v) is 12.2. The average Bonchev–Trinajstić information content (AvgIpc) is 2.47. The predicted octanol–water partition coefficient (Wildman–Crippen LogP) is 3.51. The first-order valence-electron chi connectivity index (χ1n) is 7.52. The Morgan fingerprint density at radius 1 is 1.19 bits per heavy atom. The topological polar surface area (TPSA) is 44.1 Å². The number of nitrogens with zero attached hydrogens (tertiary/aromatic N) is 2. The van der Waals surface area contributed by atoms with Gasteiger partial charge in [-0.3, -0.25) is 4.79 Å². The van der Waals surface area contributed by atoms with Gasteiger partial charge in [0.15, 0.2) is 0 Å². The molecule has 1 heterocycles. The number of amides is 1. The average molecular weight is 302 g/mol. The van der Waals surface area contributed by atoms with E-state index in [0.717, 1.165) is 0 Å². The van der Waals surface area contributed by atoms with Crippen molar-refractivity contribution in [2.24, 2.45) is 17.3 Å². The van der Waals surface area contributed by atoms with Crippen molar-refractivity contribution in [3.8, 4) is 6.07 Å². The highest BCUT2D eigenvalue weighted by Gasteiger charge is 2.43. The minimum Gasteiger partial charge on any atom is -0.342 e. The summed E-state index contributed by atoms with van der Waals surface area (Å²) in [6.45, 7) is 2.98. The summed E-state index contributed by atoms with van der Waals surface area (Å²) < 4.78 is 37.9.